The van der Waals surface area contributed by atoms with E-state index >= 15 is 0 Å². The van der Waals surface area contributed by atoms with Gasteiger partial charge in [0.15, 0.2) is 0 Å². The van der Waals surface area contributed by atoms with Crippen molar-refractivity contribution in [3.8, 4) is 0 Å². The molecule has 4 rings (SSSR count). The summed E-state index contributed by atoms with van der Waals surface area (Å²) in [7, 11) is 2.10. The zero-order valence-electron chi connectivity index (χ0n) is 15.4. The monoisotopic (exact) mass is 510 g/mol. The number of thiol groups is 2. The molecule has 2 heterocycles. The van der Waals surface area contributed by atoms with Crippen LogP contribution in [0.1, 0.15) is 20.7 Å². The quantitative estimate of drug-likeness (QED) is 0.224. The van der Waals surface area contributed by atoms with Crippen LogP contribution in [0.25, 0.3) is 0 Å². The first-order chi connectivity index (χ1) is 14.5. The van der Waals surface area contributed by atoms with Crippen molar-refractivity contribution in [1.82, 2.24) is 0 Å². The molecule has 0 aliphatic carbocycles. The van der Waals surface area contributed by atoms with Gasteiger partial charge in [-0.05, 0) is 81.2 Å². The highest BCUT2D eigenvalue weighted by molar-refractivity contribution is 8.76. The van der Waals surface area contributed by atoms with Gasteiger partial charge in [-0.2, -0.15) is 21.8 Å². The van der Waals surface area contributed by atoms with Crippen molar-refractivity contribution in [2.75, 3.05) is 0 Å². The fourth-order valence-corrected chi connectivity index (χ4v) is 9.76. The minimum atomic E-state index is -0.599. The highest BCUT2D eigenvalue weighted by Gasteiger charge is 2.17. The van der Waals surface area contributed by atoms with Gasteiger partial charge in [-0.1, -0.05) is 45.9 Å². The molecule has 154 valence electrons. The number of allylic oxidation sites excluding steroid dienone is 4. The van der Waals surface area contributed by atoms with Gasteiger partial charge in [0.05, 0.1) is 0 Å². The molecule has 0 amide bonds. The topological polar surface area (TPSA) is 34.1 Å². The molecule has 0 saturated heterocycles. The molecule has 2 aromatic rings. The van der Waals surface area contributed by atoms with Gasteiger partial charge in [-0.15, -0.1) is 0 Å². The van der Waals surface area contributed by atoms with E-state index in [0.717, 1.165) is 19.6 Å². The SMILES string of the molecule is O=C(Cl)c1ccc(SSc2ccc(C(=O)Cl)cc2[SH]2C=CC=C2)c([SH]2C=CC=C2)c1. The van der Waals surface area contributed by atoms with E-state index in [1.165, 1.54) is 0 Å². The van der Waals surface area contributed by atoms with Crippen molar-refractivity contribution in [2.24, 2.45) is 0 Å². The van der Waals surface area contributed by atoms with Gasteiger partial charge in [-0.3, -0.25) is 9.59 Å². The largest absolute Gasteiger partial charge is 0.276 e. The second-order valence-corrected chi connectivity index (χ2v) is 12.9. The lowest BCUT2D eigenvalue weighted by Gasteiger charge is -2.18. The predicted molar refractivity (Wildman–Crippen MR) is 136 cm³/mol. The minimum Gasteiger partial charge on any atom is -0.276 e. The Kier molecular flexibility index (Phi) is 7.24. The molecule has 0 unspecified atom stereocenters. The molecule has 30 heavy (non-hydrogen) atoms. The summed E-state index contributed by atoms with van der Waals surface area (Å²) >= 11 is 11.4. The van der Waals surface area contributed by atoms with Crippen LogP contribution in [0, 0.1) is 0 Å². The Balaban J connectivity index is 1.65. The Bertz CT molecular complexity index is 1020. The predicted octanol–water partition coefficient (Wildman–Crippen LogP) is 8.05. The molecule has 0 spiro atoms. The van der Waals surface area contributed by atoms with Crippen molar-refractivity contribution in [2.45, 2.75) is 19.6 Å². The summed E-state index contributed by atoms with van der Waals surface area (Å²) in [5.74, 6) is 0. The number of carbonyl (C=O) groups excluding carboxylic acids is 2. The third-order valence-electron chi connectivity index (χ3n) is 4.36. The Morgan fingerprint density at radius 1 is 0.633 bits per heavy atom. The van der Waals surface area contributed by atoms with E-state index in [0.29, 0.717) is 11.1 Å². The van der Waals surface area contributed by atoms with Gasteiger partial charge >= 0.3 is 0 Å². The van der Waals surface area contributed by atoms with E-state index in [4.69, 9.17) is 23.2 Å². The second kappa shape index (κ2) is 9.90. The fraction of sp³-hybridized carbons (Fsp3) is 0. The zero-order valence-corrected chi connectivity index (χ0v) is 20.3. The van der Waals surface area contributed by atoms with Crippen LogP contribution in [-0.4, -0.2) is 10.5 Å². The molecular formula is C22H16Cl2O2S4. The Morgan fingerprint density at radius 2 is 1.00 bits per heavy atom. The second-order valence-electron chi connectivity index (χ2n) is 6.26. The summed E-state index contributed by atoms with van der Waals surface area (Å²) in [6.45, 7) is 0. The number of hydrogen-bond donors (Lipinski definition) is 2. The first kappa shape index (κ1) is 21.9. The first-order valence-corrected chi connectivity index (χ1v) is 14.7. The van der Waals surface area contributed by atoms with Gasteiger partial charge in [0.1, 0.15) is 0 Å². The molecule has 0 N–H and O–H groups in total. The Hall–Kier alpha value is -1.28. The van der Waals surface area contributed by atoms with Crippen LogP contribution in [0.2, 0.25) is 0 Å². The molecule has 8 heteroatoms. The van der Waals surface area contributed by atoms with Crippen LogP contribution >= 0.6 is 66.6 Å². The molecule has 2 aromatic carbocycles. The molecule has 2 aliphatic heterocycles. The summed E-state index contributed by atoms with van der Waals surface area (Å²) in [6.07, 6.45) is 8.13. The summed E-state index contributed by atoms with van der Waals surface area (Å²) in [4.78, 5) is 27.7. The van der Waals surface area contributed by atoms with E-state index in [2.05, 4.69) is 21.6 Å². The van der Waals surface area contributed by atoms with Crippen LogP contribution in [0.5, 0.6) is 0 Å². The molecule has 0 radical (unpaired) electrons. The molecule has 0 atom stereocenters. The first-order valence-electron chi connectivity index (χ1n) is 8.82. The maximum absolute atomic E-state index is 11.7. The summed E-state index contributed by atoms with van der Waals surface area (Å²) < 4.78 is 0. The van der Waals surface area contributed by atoms with E-state index < -0.39 is 32.3 Å². The lowest BCUT2D eigenvalue weighted by Crippen LogP contribution is -1.92. The smallest absolute Gasteiger partial charge is 0.252 e. The highest BCUT2D eigenvalue weighted by Crippen LogP contribution is 2.54. The summed E-state index contributed by atoms with van der Waals surface area (Å²) in [5, 5.41) is 7.73. The molecule has 2 aliphatic rings. The van der Waals surface area contributed by atoms with E-state index in [1.807, 2.05) is 48.6 Å². The van der Waals surface area contributed by atoms with E-state index in [-0.39, 0.29) is 0 Å². The van der Waals surface area contributed by atoms with E-state index in [1.54, 1.807) is 33.7 Å². The average Bonchev–Trinajstić information content (AvgIpc) is 3.46. The maximum Gasteiger partial charge on any atom is 0.252 e. The van der Waals surface area contributed by atoms with Crippen LogP contribution in [-0.2, 0) is 0 Å². The van der Waals surface area contributed by atoms with Crippen molar-refractivity contribution in [3.05, 3.63) is 93.5 Å². The molecular weight excluding hydrogens is 495 g/mol. The number of hydrogen-bond acceptors (Lipinski definition) is 4. The van der Waals surface area contributed by atoms with Gasteiger partial charge in [-0.25, -0.2) is 0 Å². The molecule has 2 nitrogen and oxygen atoms in total. The van der Waals surface area contributed by atoms with Crippen LogP contribution in [0.15, 0.2) is 102 Å². The third kappa shape index (κ3) is 4.96. The maximum atomic E-state index is 11.7. The third-order valence-corrected chi connectivity index (χ3v) is 11.4. The molecule has 0 bridgehead atoms. The molecule has 0 fully saturated rings. The summed E-state index contributed by atoms with van der Waals surface area (Å²) in [5.41, 5.74) is 1.01. The number of carbonyl (C=O) groups is 2. The normalized spacial score (nSPS) is 16.6. The van der Waals surface area contributed by atoms with Crippen LogP contribution in [0.4, 0.5) is 0 Å². The van der Waals surface area contributed by atoms with Gasteiger partial charge in [0.2, 0.25) is 0 Å². The van der Waals surface area contributed by atoms with Crippen molar-refractivity contribution in [1.29, 1.82) is 0 Å². The molecule has 0 aromatic heterocycles. The van der Waals surface area contributed by atoms with Gasteiger partial charge in [0.25, 0.3) is 10.5 Å². The Morgan fingerprint density at radius 3 is 1.33 bits per heavy atom. The lowest BCUT2D eigenvalue weighted by atomic mass is 10.2. The lowest BCUT2D eigenvalue weighted by molar-refractivity contribution is 0.107. The van der Waals surface area contributed by atoms with Crippen molar-refractivity contribution >= 4 is 77.1 Å². The van der Waals surface area contributed by atoms with Crippen LogP contribution < -0.4 is 0 Å². The van der Waals surface area contributed by atoms with Gasteiger partial charge in [0, 0.05) is 30.7 Å². The highest BCUT2D eigenvalue weighted by atomic mass is 35.5. The van der Waals surface area contributed by atoms with Crippen LogP contribution in [0.3, 0.4) is 0 Å². The average molecular weight is 512 g/mol. The van der Waals surface area contributed by atoms with E-state index in [9.17, 15) is 9.59 Å². The van der Waals surface area contributed by atoms with Crippen molar-refractivity contribution < 1.29 is 9.59 Å². The molecule has 0 saturated carbocycles. The zero-order chi connectivity index (χ0) is 21.1. The van der Waals surface area contributed by atoms with Crippen molar-refractivity contribution in [3.63, 3.8) is 0 Å². The number of rotatable bonds is 7. The fourth-order valence-electron chi connectivity index (χ4n) is 2.90. The number of halogens is 2. The standard InChI is InChI=1S/C22H16Cl2O2S4/c23-21(25)15-5-7-17(19(13-15)29-9-1-2-10-29)27-28-18-8-6-16(22(24)26)14-20(18)30-11-3-4-12-30/h1-14,29-30H. The Labute approximate surface area is 198 Å². The van der Waals surface area contributed by atoms with Gasteiger partial charge < -0.3 is 0 Å². The number of benzene rings is 2. The minimum absolute atomic E-state index is 0.450. The summed E-state index contributed by atoms with van der Waals surface area (Å²) in [6, 6.07) is 11.2.